The highest BCUT2D eigenvalue weighted by Gasteiger charge is 2.31. The average molecular weight is 417 g/mol. The summed E-state index contributed by atoms with van der Waals surface area (Å²) < 4.78 is 2.36. The highest BCUT2D eigenvalue weighted by molar-refractivity contribution is 9.11. The minimum atomic E-state index is 0.474. The van der Waals surface area contributed by atoms with E-state index in [9.17, 15) is 0 Å². The van der Waals surface area contributed by atoms with E-state index in [2.05, 4.69) is 76.1 Å². The van der Waals surface area contributed by atoms with Gasteiger partial charge in [-0.25, -0.2) is 0 Å². The van der Waals surface area contributed by atoms with Gasteiger partial charge in [0.2, 0.25) is 0 Å². The van der Waals surface area contributed by atoms with Crippen LogP contribution in [0.25, 0.3) is 0 Å². The van der Waals surface area contributed by atoms with E-state index in [1.54, 1.807) is 0 Å². The third kappa shape index (κ3) is 4.56. The van der Waals surface area contributed by atoms with Crippen LogP contribution in [0.1, 0.15) is 58.1 Å². The molecule has 1 fully saturated rings. The molecule has 1 aliphatic rings. The Morgan fingerprint density at radius 2 is 1.95 bits per heavy atom. The first-order chi connectivity index (χ1) is 10.0. The summed E-state index contributed by atoms with van der Waals surface area (Å²) in [6.07, 6.45) is 5.23. The zero-order valence-electron chi connectivity index (χ0n) is 13.3. The molecule has 0 saturated heterocycles. The quantitative estimate of drug-likeness (QED) is 0.591. The van der Waals surface area contributed by atoms with Crippen molar-refractivity contribution in [3.8, 4) is 0 Å². The van der Waals surface area contributed by atoms with E-state index in [0.717, 1.165) is 28.8 Å². The molecule has 1 N–H and O–H groups in total. The normalized spacial score (nSPS) is 27.6. The number of halogens is 2. The lowest BCUT2D eigenvalue weighted by Gasteiger charge is -2.37. The van der Waals surface area contributed by atoms with E-state index in [0.29, 0.717) is 6.04 Å². The lowest BCUT2D eigenvalue weighted by atomic mass is 9.72. The van der Waals surface area contributed by atoms with Gasteiger partial charge in [0.1, 0.15) is 0 Å². The monoisotopic (exact) mass is 415 g/mol. The predicted molar refractivity (Wildman–Crippen MR) is 98.5 cm³/mol. The van der Waals surface area contributed by atoms with Crippen molar-refractivity contribution in [3.05, 3.63) is 32.7 Å². The molecule has 118 valence electrons. The SMILES string of the molecule is CCCNC(c1ccc(Br)cc1Br)C1CCC(C)C(C)C1. The Morgan fingerprint density at radius 3 is 2.57 bits per heavy atom. The van der Waals surface area contributed by atoms with Gasteiger partial charge in [-0.1, -0.05) is 65.1 Å². The molecule has 0 aromatic heterocycles. The van der Waals surface area contributed by atoms with Crippen LogP contribution in [0.3, 0.4) is 0 Å². The van der Waals surface area contributed by atoms with Gasteiger partial charge in [0, 0.05) is 15.0 Å². The van der Waals surface area contributed by atoms with Crippen LogP contribution in [-0.4, -0.2) is 6.54 Å². The third-order valence-electron chi connectivity index (χ3n) is 5.02. The van der Waals surface area contributed by atoms with Crippen LogP contribution >= 0.6 is 31.9 Å². The molecule has 4 atom stereocenters. The third-order valence-corrected chi connectivity index (χ3v) is 6.20. The molecule has 3 heteroatoms. The first kappa shape index (κ1) is 17.5. The van der Waals surface area contributed by atoms with Gasteiger partial charge in [-0.3, -0.25) is 0 Å². The summed E-state index contributed by atoms with van der Waals surface area (Å²) in [7, 11) is 0. The summed E-state index contributed by atoms with van der Waals surface area (Å²) in [5, 5.41) is 3.81. The molecule has 1 saturated carbocycles. The van der Waals surface area contributed by atoms with Crippen LogP contribution in [0.5, 0.6) is 0 Å². The zero-order valence-corrected chi connectivity index (χ0v) is 16.5. The molecule has 0 heterocycles. The maximum atomic E-state index is 3.81. The second kappa shape index (κ2) is 8.12. The summed E-state index contributed by atoms with van der Waals surface area (Å²) in [5.41, 5.74) is 1.42. The largest absolute Gasteiger partial charge is 0.310 e. The molecule has 0 spiro atoms. The molecule has 1 aromatic rings. The van der Waals surface area contributed by atoms with Crippen LogP contribution < -0.4 is 5.32 Å². The van der Waals surface area contributed by atoms with Gasteiger partial charge in [-0.05, 0) is 61.3 Å². The van der Waals surface area contributed by atoms with Crippen LogP contribution in [0, 0.1) is 17.8 Å². The Morgan fingerprint density at radius 1 is 1.19 bits per heavy atom. The van der Waals surface area contributed by atoms with E-state index in [1.165, 1.54) is 35.7 Å². The van der Waals surface area contributed by atoms with Crippen LogP contribution in [0.4, 0.5) is 0 Å². The van der Waals surface area contributed by atoms with Crippen molar-refractivity contribution in [3.63, 3.8) is 0 Å². The van der Waals surface area contributed by atoms with Gasteiger partial charge in [0.25, 0.3) is 0 Å². The van der Waals surface area contributed by atoms with Crippen molar-refractivity contribution in [1.82, 2.24) is 5.32 Å². The Kier molecular flexibility index (Phi) is 6.77. The maximum Gasteiger partial charge on any atom is 0.0359 e. The minimum Gasteiger partial charge on any atom is -0.310 e. The highest BCUT2D eigenvalue weighted by Crippen LogP contribution is 2.41. The average Bonchev–Trinajstić information content (AvgIpc) is 2.44. The van der Waals surface area contributed by atoms with E-state index >= 15 is 0 Å². The molecule has 0 amide bonds. The number of hydrogen-bond donors (Lipinski definition) is 1. The van der Waals surface area contributed by atoms with Crippen molar-refractivity contribution < 1.29 is 0 Å². The standard InChI is InChI=1S/C18H27Br2N/c1-4-9-21-18(14-6-5-12(2)13(3)10-14)16-8-7-15(19)11-17(16)20/h7-8,11-14,18,21H,4-6,9-10H2,1-3H3. The van der Waals surface area contributed by atoms with E-state index in [1.807, 2.05) is 0 Å². The first-order valence-corrected chi connectivity index (χ1v) is 9.79. The Hall–Kier alpha value is 0.140. The van der Waals surface area contributed by atoms with Gasteiger partial charge in [-0.2, -0.15) is 0 Å². The van der Waals surface area contributed by atoms with E-state index < -0.39 is 0 Å². The smallest absolute Gasteiger partial charge is 0.0359 e. The summed E-state index contributed by atoms with van der Waals surface area (Å²) in [6.45, 7) is 8.16. The first-order valence-electron chi connectivity index (χ1n) is 8.21. The van der Waals surface area contributed by atoms with Gasteiger partial charge in [0.05, 0.1) is 0 Å². The zero-order chi connectivity index (χ0) is 15.4. The van der Waals surface area contributed by atoms with Crippen LogP contribution in [0.15, 0.2) is 27.1 Å². The second-order valence-electron chi connectivity index (χ2n) is 6.63. The summed E-state index contributed by atoms with van der Waals surface area (Å²) in [4.78, 5) is 0. The maximum absolute atomic E-state index is 3.81. The number of hydrogen-bond acceptors (Lipinski definition) is 1. The minimum absolute atomic E-state index is 0.474. The Bertz CT molecular complexity index is 461. The summed E-state index contributed by atoms with van der Waals surface area (Å²) in [5.74, 6) is 2.46. The Balaban J connectivity index is 2.21. The molecule has 0 aliphatic heterocycles. The van der Waals surface area contributed by atoms with Gasteiger partial charge < -0.3 is 5.32 Å². The number of nitrogens with one attached hydrogen (secondary N) is 1. The second-order valence-corrected chi connectivity index (χ2v) is 8.40. The molecule has 1 aromatic carbocycles. The molecular weight excluding hydrogens is 390 g/mol. The molecule has 0 radical (unpaired) electrons. The Labute approximate surface area is 146 Å². The van der Waals surface area contributed by atoms with E-state index in [4.69, 9.17) is 0 Å². The van der Waals surface area contributed by atoms with Gasteiger partial charge in [-0.15, -0.1) is 0 Å². The van der Waals surface area contributed by atoms with Gasteiger partial charge in [0.15, 0.2) is 0 Å². The molecule has 0 bridgehead atoms. The molecular formula is C18H27Br2N. The topological polar surface area (TPSA) is 12.0 Å². The lowest BCUT2D eigenvalue weighted by Crippen LogP contribution is -2.34. The predicted octanol–water partition coefficient (Wildman–Crippen LogP) is 6.32. The lowest BCUT2D eigenvalue weighted by molar-refractivity contribution is 0.171. The van der Waals surface area contributed by atoms with Crippen molar-refractivity contribution in [2.24, 2.45) is 17.8 Å². The van der Waals surface area contributed by atoms with Crippen molar-refractivity contribution in [1.29, 1.82) is 0 Å². The highest BCUT2D eigenvalue weighted by atomic mass is 79.9. The number of rotatable bonds is 5. The molecule has 2 rings (SSSR count). The molecule has 1 nitrogen and oxygen atoms in total. The summed E-state index contributed by atoms with van der Waals surface area (Å²) >= 11 is 7.32. The molecule has 1 aliphatic carbocycles. The fourth-order valence-electron chi connectivity index (χ4n) is 3.48. The van der Waals surface area contributed by atoms with E-state index in [-0.39, 0.29) is 0 Å². The number of benzene rings is 1. The van der Waals surface area contributed by atoms with Crippen LogP contribution in [-0.2, 0) is 0 Å². The summed E-state index contributed by atoms with van der Waals surface area (Å²) in [6, 6.07) is 7.08. The van der Waals surface area contributed by atoms with Gasteiger partial charge >= 0.3 is 0 Å². The van der Waals surface area contributed by atoms with Crippen molar-refractivity contribution in [2.45, 2.75) is 52.5 Å². The van der Waals surface area contributed by atoms with Crippen molar-refractivity contribution >= 4 is 31.9 Å². The fraction of sp³-hybridized carbons (Fsp3) is 0.667. The molecule has 4 unspecified atom stereocenters. The fourth-order valence-corrected chi connectivity index (χ4v) is 4.77. The van der Waals surface area contributed by atoms with Crippen molar-refractivity contribution in [2.75, 3.05) is 6.54 Å². The van der Waals surface area contributed by atoms with Crippen LogP contribution in [0.2, 0.25) is 0 Å². The molecule has 21 heavy (non-hydrogen) atoms.